The van der Waals surface area contributed by atoms with Gasteiger partial charge < -0.3 is 5.11 Å². The van der Waals surface area contributed by atoms with Crippen LogP contribution in [0.5, 0.6) is 0 Å². The van der Waals surface area contributed by atoms with Gasteiger partial charge in [-0.3, -0.25) is 4.79 Å². The Labute approximate surface area is 129 Å². The zero-order valence-corrected chi connectivity index (χ0v) is 13.6. The second kappa shape index (κ2) is 9.59. The molecule has 0 saturated carbocycles. The second-order valence-corrected chi connectivity index (χ2v) is 5.98. The molecule has 0 bridgehead atoms. The van der Waals surface area contributed by atoms with Crippen LogP contribution >= 0.6 is 0 Å². The molecule has 1 atom stereocenters. The van der Waals surface area contributed by atoms with Crippen LogP contribution in [0, 0.1) is 0 Å². The van der Waals surface area contributed by atoms with Crippen molar-refractivity contribution < 1.29 is 9.90 Å². The van der Waals surface area contributed by atoms with E-state index in [0.717, 1.165) is 24.8 Å². The van der Waals surface area contributed by atoms with Gasteiger partial charge in [-0.2, -0.15) is 0 Å². The van der Waals surface area contributed by atoms with Gasteiger partial charge in [0.15, 0.2) is 0 Å². The normalized spacial score (nSPS) is 13.8. The summed E-state index contributed by atoms with van der Waals surface area (Å²) in [5.41, 5.74) is 0.246. The topological polar surface area (TPSA) is 37.3 Å². The third-order valence-electron chi connectivity index (χ3n) is 4.55. The quantitative estimate of drug-likeness (QED) is 0.542. The minimum Gasteiger partial charge on any atom is -0.481 e. The number of benzene rings is 1. The molecule has 0 heterocycles. The van der Waals surface area contributed by atoms with Crippen molar-refractivity contribution in [2.24, 2.45) is 0 Å². The van der Waals surface area contributed by atoms with E-state index in [4.69, 9.17) is 0 Å². The van der Waals surface area contributed by atoms with E-state index in [9.17, 15) is 9.90 Å². The lowest BCUT2D eigenvalue weighted by atomic mass is 9.74. The third-order valence-corrected chi connectivity index (χ3v) is 4.55. The van der Waals surface area contributed by atoms with E-state index < -0.39 is 11.4 Å². The molecule has 21 heavy (non-hydrogen) atoms. The first-order valence-electron chi connectivity index (χ1n) is 8.46. The van der Waals surface area contributed by atoms with E-state index in [0.29, 0.717) is 6.42 Å². The maximum Gasteiger partial charge on any atom is 0.314 e. The van der Waals surface area contributed by atoms with Crippen LogP contribution in [0.15, 0.2) is 30.3 Å². The summed E-state index contributed by atoms with van der Waals surface area (Å²) in [6, 6.07) is 9.73. The van der Waals surface area contributed by atoms with Gasteiger partial charge in [0.1, 0.15) is 0 Å². The Kier molecular flexibility index (Phi) is 8.11. The molecule has 0 saturated heterocycles. The fourth-order valence-corrected chi connectivity index (χ4v) is 3.05. The fraction of sp³-hybridized carbons (Fsp3) is 0.632. The summed E-state index contributed by atoms with van der Waals surface area (Å²) < 4.78 is 0. The molecule has 1 aromatic rings. The minimum atomic E-state index is -0.704. The van der Waals surface area contributed by atoms with Gasteiger partial charge in [0.25, 0.3) is 0 Å². The van der Waals surface area contributed by atoms with Crippen LogP contribution in [0.25, 0.3) is 0 Å². The van der Waals surface area contributed by atoms with Crippen molar-refractivity contribution in [3.8, 4) is 0 Å². The monoisotopic (exact) mass is 290 g/mol. The molecule has 1 unspecified atom stereocenters. The molecular weight excluding hydrogens is 260 g/mol. The summed E-state index contributed by atoms with van der Waals surface area (Å²) in [5, 5.41) is 9.75. The highest BCUT2D eigenvalue weighted by Gasteiger charge is 2.37. The molecule has 2 heteroatoms. The number of hydrogen-bond donors (Lipinski definition) is 1. The van der Waals surface area contributed by atoms with Gasteiger partial charge in [-0.05, 0) is 18.4 Å². The molecule has 1 N–H and O–H groups in total. The minimum absolute atomic E-state index is 0.655. The Morgan fingerprint density at radius 3 is 2.05 bits per heavy atom. The lowest BCUT2D eigenvalue weighted by Gasteiger charge is -2.29. The van der Waals surface area contributed by atoms with Gasteiger partial charge in [0.05, 0.1) is 5.41 Å². The largest absolute Gasteiger partial charge is 0.481 e. The average Bonchev–Trinajstić information content (AvgIpc) is 2.51. The van der Waals surface area contributed by atoms with Gasteiger partial charge in [0, 0.05) is 0 Å². The highest BCUT2D eigenvalue weighted by molar-refractivity contribution is 5.81. The number of carboxylic acid groups (broad SMARTS) is 1. The molecule has 1 aromatic carbocycles. The van der Waals surface area contributed by atoms with Gasteiger partial charge in [0.2, 0.25) is 0 Å². The molecule has 118 valence electrons. The van der Waals surface area contributed by atoms with Crippen LogP contribution < -0.4 is 0 Å². The van der Waals surface area contributed by atoms with Crippen LogP contribution in [0.1, 0.15) is 77.2 Å². The van der Waals surface area contributed by atoms with Crippen LogP contribution in [0.4, 0.5) is 0 Å². The molecule has 0 aliphatic rings. The van der Waals surface area contributed by atoms with Gasteiger partial charge in [-0.25, -0.2) is 0 Å². The molecule has 0 amide bonds. The molecule has 0 radical (unpaired) electrons. The van der Waals surface area contributed by atoms with E-state index in [1.165, 1.54) is 32.1 Å². The predicted octanol–water partition coefficient (Wildman–Crippen LogP) is 5.56. The van der Waals surface area contributed by atoms with Crippen molar-refractivity contribution in [1.29, 1.82) is 0 Å². The van der Waals surface area contributed by atoms with Crippen LogP contribution in [-0.2, 0) is 10.2 Å². The number of carboxylic acids is 1. The van der Waals surface area contributed by atoms with Gasteiger partial charge in [-0.1, -0.05) is 89.1 Å². The van der Waals surface area contributed by atoms with Gasteiger partial charge >= 0.3 is 5.97 Å². The summed E-state index contributed by atoms with van der Waals surface area (Å²) in [7, 11) is 0. The van der Waals surface area contributed by atoms with E-state index in [2.05, 4.69) is 6.92 Å². The number of rotatable bonds is 11. The Morgan fingerprint density at radius 2 is 1.52 bits per heavy atom. The molecular formula is C19H30O2. The summed E-state index contributed by atoms with van der Waals surface area (Å²) in [5.74, 6) is -0.679. The zero-order valence-electron chi connectivity index (χ0n) is 13.6. The standard InChI is InChI=1S/C19H30O2/c1-3-5-6-7-8-9-13-16-19(4-2,18(20)21)17-14-11-10-12-15-17/h10-12,14-15H,3-9,13,16H2,1-2H3,(H,20,21). The van der Waals surface area contributed by atoms with E-state index in [-0.39, 0.29) is 0 Å². The Bertz CT molecular complexity index is 399. The molecule has 0 aliphatic heterocycles. The van der Waals surface area contributed by atoms with Crippen LogP contribution in [-0.4, -0.2) is 11.1 Å². The first-order valence-corrected chi connectivity index (χ1v) is 8.46. The molecule has 0 aliphatic carbocycles. The smallest absolute Gasteiger partial charge is 0.314 e. The highest BCUT2D eigenvalue weighted by atomic mass is 16.4. The highest BCUT2D eigenvalue weighted by Crippen LogP contribution is 2.34. The van der Waals surface area contributed by atoms with Crippen LogP contribution in [0.3, 0.4) is 0 Å². The first kappa shape index (κ1) is 17.7. The fourth-order valence-electron chi connectivity index (χ4n) is 3.05. The number of unbranched alkanes of at least 4 members (excludes halogenated alkanes) is 6. The Balaban J connectivity index is 2.54. The van der Waals surface area contributed by atoms with E-state index >= 15 is 0 Å². The maximum absolute atomic E-state index is 11.9. The summed E-state index contributed by atoms with van der Waals surface area (Å²) in [4.78, 5) is 11.9. The second-order valence-electron chi connectivity index (χ2n) is 5.98. The van der Waals surface area contributed by atoms with Crippen molar-refractivity contribution >= 4 is 5.97 Å². The lowest BCUT2D eigenvalue weighted by Crippen LogP contribution is -2.35. The average molecular weight is 290 g/mol. The van der Waals surface area contributed by atoms with Crippen molar-refractivity contribution in [1.82, 2.24) is 0 Å². The predicted molar refractivity (Wildman–Crippen MR) is 88.7 cm³/mol. The third kappa shape index (κ3) is 5.18. The Hall–Kier alpha value is -1.31. The SMILES string of the molecule is CCCCCCCCCC(CC)(C(=O)O)c1ccccc1. The van der Waals surface area contributed by atoms with Gasteiger partial charge in [-0.15, -0.1) is 0 Å². The number of hydrogen-bond acceptors (Lipinski definition) is 1. The number of aliphatic carboxylic acids is 1. The molecule has 1 rings (SSSR count). The summed E-state index contributed by atoms with van der Waals surface area (Å²) in [6.45, 7) is 4.21. The first-order chi connectivity index (χ1) is 10.2. The molecule has 0 fully saturated rings. The molecule has 0 aromatic heterocycles. The van der Waals surface area contributed by atoms with Crippen molar-refractivity contribution in [3.05, 3.63) is 35.9 Å². The zero-order chi connectivity index (χ0) is 15.6. The van der Waals surface area contributed by atoms with Crippen LogP contribution in [0.2, 0.25) is 0 Å². The van der Waals surface area contributed by atoms with E-state index in [1.54, 1.807) is 0 Å². The van der Waals surface area contributed by atoms with Crippen molar-refractivity contribution in [2.45, 2.75) is 77.0 Å². The maximum atomic E-state index is 11.9. The lowest BCUT2D eigenvalue weighted by molar-refractivity contribution is -0.144. The summed E-state index contributed by atoms with van der Waals surface area (Å²) in [6.07, 6.45) is 9.96. The Morgan fingerprint density at radius 1 is 0.952 bits per heavy atom. The summed E-state index contributed by atoms with van der Waals surface area (Å²) >= 11 is 0. The number of carbonyl (C=O) groups is 1. The van der Waals surface area contributed by atoms with Crippen molar-refractivity contribution in [2.75, 3.05) is 0 Å². The van der Waals surface area contributed by atoms with Crippen molar-refractivity contribution in [3.63, 3.8) is 0 Å². The van der Waals surface area contributed by atoms with E-state index in [1.807, 2.05) is 37.3 Å². The molecule has 0 spiro atoms. The molecule has 2 nitrogen and oxygen atoms in total.